The predicted octanol–water partition coefficient (Wildman–Crippen LogP) is 3.37. The Kier molecular flexibility index (Phi) is 4.92. The molecule has 0 fully saturated rings. The number of aliphatic hydroxyl groups excluding tert-OH is 1. The van der Waals surface area contributed by atoms with Crippen molar-refractivity contribution in [3.63, 3.8) is 0 Å². The van der Waals surface area contributed by atoms with Gasteiger partial charge in [-0.2, -0.15) is 11.8 Å². The zero-order valence-electron chi connectivity index (χ0n) is 7.84. The van der Waals surface area contributed by atoms with Crippen molar-refractivity contribution in [1.82, 2.24) is 0 Å². The van der Waals surface area contributed by atoms with Crippen LogP contribution in [-0.2, 0) is 0 Å². The topological polar surface area (TPSA) is 20.2 Å². The van der Waals surface area contributed by atoms with Crippen molar-refractivity contribution in [3.05, 3.63) is 34.1 Å². The second kappa shape index (κ2) is 5.73. The molecule has 0 bridgehead atoms. The standard InChI is InChI=1S/C10H12BrFOS/c1-2-14-6-9(13)7-4-3-5-8(11)10(7)12/h3-5,9,13H,2,6H2,1H3. The highest BCUT2D eigenvalue weighted by Gasteiger charge is 2.13. The molecule has 0 aromatic heterocycles. The van der Waals surface area contributed by atoms with Crippen molar-refractivity contribution in [2.24, 2.45) is 0 Å². The molecule has 0 aliphatic carbocycles. The molecule has 1 aromatic rings. The summed E-state index contributed by atoms with van der Waals surface area (Å²) in [5.74, 6) is 1.09. The van der Waals surface area contributed by atoms with Gasteiger partial charge in [-0.3, -0.25) is 0 Å². The van der Waals surface area contributed by atoms with Gasteiger partial charge in [-0.05, 0) is 27.7 Å². The second-order valence-corrected chi connectivity index (χ2v) is 4.99. The minimum absolute atomic E-state index is 0.361. The lowest BCUT2D eigenvalue weighted by atomic mass is 10.1. The summed E-state index contributed by atoms with van der Waals surface area (Å²) in [5.41, 5.74) is 0.361. The predicted molar refractivity (Wildman–Crippen MR) is 62.1 cm³/mol. The average molecular weight is 279 g/mol. The van der Waals surface area contributed by atoms with E-state index in [2.05, 4.69) is 15.9 Å². The van der Waals surface area contributed by atoms with Gasteiger partial charge in [-0.25, -0.2) is 4.39 Å². The Bertz CT molecular complexity index is 306. The molecule has 0 aliphatic rings. The molecule has 0 saturated carbocycles. The summed E-state index contributed by atoms with van der Waals surface area (Å²) >= 11 is 4.68. The summed E-state index contributed by atoms with van der Waals surface area (Å²) in [4.78, 5) is 0. The normalized spacial score (nSPS) is 12.9. The van der Waals surface area contributed by atoms with Gasteiger partial charge in [-0.1, -0.05) is 19.1 Å². The first-order chi connectivity index (χ1) is 6.66. The van der Waals surface area contributed by atoms with Gasteiger partial charge in [0.15, 0.2) is 0 Å². The van der Waals surface area contributed by atoms with Gasteiger partial charge in [0.25, 0.3) is 0 Å². The lowest BCUT2D eigenvalue weighted by molar-refractivity contribution is 0.199. The van der Waals surface area contributed by atoms with E-state index in [9.17, 15) is 9.50 Å². The van der Waals surface area contributed by atoms with Crippen LogP contribution >= 0.6 is 27.7 Å². The van der Waals surface area contributed by atoms with E-state index >= 15 is 0 Å². The van der Waals surface area contributed by atoms with Crippen LogP contribution in [0.4, 0.5) is 4.39 Å². The molecule has 0 heterocycles. The van der Waals surface area contributed by atoms with E-state index in [1.807, 2.05) is 6.92 Å². The molecule has 14 heavy (non-hydrogen) atoms. The molecule has 78 valence electrons. The van der Waals surface area contributed by atoms with Crippen LogP contribution in [0.15, 0.2) is 22.7 Å². The zero-order chi connectivity index (χ0) is 10.6. The first-order valence-electron chi connectivity index (χ1n) is 4.36. The summed E-state index contributed by atoms with van der Waals surface area (Å²) in [6.07, 6.45) is -0.725. The average Bonchev–Trinajstić information content (AvgIpc) is 2.18. The van der Waals surface area contributed by atoms with Crippen LogP contribution in [-0.4, -0.2) is 16.6 Å². The number of benzene rings is 1. The maximum Gasteiger partial charge on any atom is 0.143 e. The van der Waals surface area contributed by atoms with Crippen molar-refractivity contribution < 1.29 is 9.50 Å². The van der Waals surface area contributed by atoms with Crippen LogP contribution < -0.4 is 0 Å². The van der Waals surface area contributed by atoms with Crippen LogP contribution in [0.1, 0.15) is 18.6 Å². The molecule has 1 rings (SSSR count). The largest absolute Gasteiger partial charge is 0.387 e. The molecule has 1 nitrogen and oxygen atoms in total. The highest BCUT2D eigenvalue weighted by molar-refractivity contribution is 9.10. The van der Waals surface area contributed by atoms with Crippen LogP contribution in [0.25, 0.3) is 0 Å². The Morgan fingerprint density at radius 3 is 2.93 bits per heavy atom. The molecule has 0 amide bonds. The third-order valence-corrected chi connectivity index (χ3v) is 3.39. The fraction of sp³-hybridized carbons (Fsp3) is 0.400. The maximum atomic E-state index is 13.5. The monoisotopic (exact) mass is 278 g/mol. The van der Waals surface area contributed by atoms with E-state index in [1.54, 1.807) is 30.0 Å². The summed E-state index contributed by atoms with van der Waals surface area (Å²) in [6.45, 7) is 2.01. The Morgan fingerprint density at radius 1 is 1.57 bits per heavy atom. The third-order valence-electron chi connectivity index (χ3n) is 1.82. The van der Waals surface area contributed by atoms with E-state index < -0.39 is 6.10 Å². The Labute approximate surface area is 95.8 Å². The van der Waals surface area contributed by atoms with Gasteiger partial charge in [0.2, 0.25) is 0 Å². The molecule has 1 unspecified atom stereocenters. The summed E-state index contributed by atoms with van der Waals surface area (Å²) < 4.78 is 13.9. The van der Waals surface area contributed by atoms with Crippen molar-refractivity contribution in [2.45, 2.75) is 13.0 Å². The number of hydrogen-bond donors (Lipinski definition) is 1. The number of aliphatic hydroxyl groups is 1. The highest BCUT2D eigenvalue weighted by Crippen LogP contribution is 2.25. The van der Waals surface area contributed by atoms with Crippen molar-refractivity contribution >= 4 is 27.7 Å². The Balaban J connectivity index is 2.79. The molecule has 0 saturated heterocycles. The van der Waals surface area contributed by atoms with E-state index in [0.29, 0.717) is 15.8 Å². The Hall–Kier alpha value is -0.0600. The summed E-state index contributed by atoms with van der Waals surface area (Å²) in [6, 6.07) is 4.96. The summed E-state index contributed by atoms with van der Waals surface area (Å²) in [7, 11) is 0. The molecular weight excluding hydrogens is 267 g/mol. The van der Waals surface area contributed by atoms with Crippen LogP contribution in [0.3, 0.4) is 0 Å². The van der Waals surface area contributed by atoms with E-state index in [0.717, 1.165) is 5.75 Å². The first-order valence-corrected chi connectivity index (χ1v) is 6.31. The molecule has 0 radical (unpaired) electrons. The quantitative estimate of drug-likeness (QED) is 0.911. The SMILES string of the molecule is CCSCC(O)c1cccc(Br)c1F. The lowest BCUT2D eigenvalue weighted by Gasteiger charge is -2.11. The molecule has 1 atom stereocenters. The molecule has 4 heteroatoms. The van der Waals surface area contributed by atoms with Gasteiger partial charge in [0.1, 0.15) is 5.82 Å². The number of rotatable bonds is 4. The van der Waals surface area contributed by atoms with Crippen LogP contribution in [0.5, 0.6) is 0 Å². The molecule has 0 spiro atoms. The van der Waals surface area contributed by atoms with E-state index in [-0.39, 0.29) is 5.82 Å². The number of hydrogen-bond acceptors (Lipinski definition) is 2. The van der Waals surface area contributed by atoms with Gasteiger partial charge in [0, 0.05) is 11.3 Å². The third kappa shape index (κ3) is 2.97. The minimum Gasteiger partial charge on any atom is -0.387 e. The smallest absolute Gasteiger partial charge is 0.143 e. The van der Waals surface area contributed by atoms with Crippen LogP contribution in [0.2, 0.25) is 0 Å². The van der Waals surface area contributed by atoms with Crippen molar-refractivity contribution in [3.8, 4) is 0 Å². The highest BCUT2D eigenvalue weighted by atomic mass is 79.9. The van der Waals surface area contributed by atoms with E-state index in [4.69, 9.17) is 0 Å². The fourth-order valence-corrected chi connectivity index (χ4v) is 2.12. The first kappa shape index (κ1) is 12.0. The minimum atomic E-state index is -0.725. The molecular formula is C10H12BrFOS. The van der Waals surface area contributed by atoms with E-state index in [1.165, 1.54) is 0 Å². The van der Waals surface area contributed by atoms with Gasteiger partial charge < -0.3 is 5.11 Å². The fourth-order valence-electron chi connectivity index (χ4n) is 1.10. The zero-order valence-corrected chi connectivity index (χ0v) is 10.2. The molecule has 1 N–H and O–H groups in total. The Morgan fingerprint density at radius 2 is 2.29 bits per heavy atom. The van der Waals surface area contributed by atoms with Gasteiger partial charge >= 0.3 is 0 Å². The molecule has 1 aromatic carbocycles. The number of halogens is 2. The second-order valence-electron chi connectivity index (χ2n) is 2.82. The van der Waals surface area contributed by atoms with Crippen molar-refractivity contribution in [2.75, 3.05) is 11.5 Å². The van der Waals surface area contributed by atoms with Crippen LogP contribution in [0, 0.1) is 5.82 Å². The number of thioether (sulfide) groups is 1. The molecule has 0 aliphatic heterocycles. The summed E-state index contributed by atoms with van der Waals surface area (Å²) in [5, 5.41) is 9.68. The van der Waals surface area contributed by atoms with Gasteiger partial charge in [0.05, 0.1) is 10.6 Å². The lowest BCUT2D eigenvalue weighted by Crippen LogP contribution is -2.04. The van der Waals surface area contributed by atoms with Gasteiger partial charge in [-0.15, -0.1) is 0 Å². The van der Waals surface area contributed by atoms with Crippen molar-refractivity contribution in [1.29, 1.82) is 0 Å². The maximum absolute atomic E-state index is 13.5.